The van der Waals surface area contributed by atoms with Gasteiger partial charge in [-0.3, -0.25) is 0 Å². The number of anilines is 2. The second-order valence-corrected chi connectivity index (χ2v) is 3.81. The van der Waals surface area contributed by atoms with Crippen LogP contribution >= 0.6 is 0 Å². The molecule has 2 rings (SSSR count). The number of aromatic nitrogens is 2. The first-order valence-electron chi connectivity index (χ1n) is 5.18. The molecule has 1 aromatic rings. The molecule has 0 atom stereocenters. The molecule has 0 amide bonds. The summed E-state index contributed by atoms with van der Waals surface area (Å²) in [5.41, 5.74) is 5.68. The number of nitrogens with zero attached hydrogens (tertiary/aromatic N) is 2. The van der Waals surface area contributed by atoms with Gasteiger partial charge in [0.05, 0.1) is 13.2 Å². The molecule has 0 radical (unpaired) electrons. The number of rotatable bonds is 4. The van der Waals surface area contributed by atoms with Gasteiger partial charge in [-0.25, -0.2) is 9.97 Å². The summed E-state index contributed by atoms with van der Waals surface area (Å²) >= 11 is 0. The predicted octanol–water partition coefficient (Wildman–Crippen LogP) is 0.657. The van der Waals surface area contributed by atoms with Crippen molar-refractivity contribution in [3.63, 3.8) is 0 Å². The molecular weight excluding hydrogens is 208 g/mol. The first kappa shape index (κ1) is 10.9. The third-order valence-electron chi connectivity index (χ3n) is 2.80. The predicted molar refractivity (Wildman–Crippen MR) is 60.4 cm³/mol. The Labute approximate surface area is 94.2 Å². The molecule has 1 fully saturated rings. The van der Waals surface area contributed by atoms with E-state index >= 15 is 0 Å². The quantitative estimate of drug-likeness (QED) is 0.781. The lowest BCUT2D eigenvalue weighted by atomic mass is 9.89. The molecule has 0 unspecified atom stereocenters. The third-order valence-corrected chi connectivity index (χ3v) is 2.80. The SMILES string of the molecule is COc1c(N)ncnc1NC1CC(OC)C1. The first-order valence-corrected chi connectivity index (χ1v) is 5.18. The lowest BCUT2D eigenvalue weighted by molar-refractivity contribution is 0.0327. The minimum absolute atomic E-state index is 0.350. The molecule has 16 heavy (non-hydrogen) atoms. The Morgan fingerprint density at radius 3 is 2.75 bits per heavy atom. The van der Waals surface area contributed by atoms with Crippen molar-refractivity contribution in [3.8, 4) is 5.75 Å². The van der Waals surface area contributed by atoms with Crippen LogP contribution in [0.25, 0.3) is 0 Å². The van der Waals surface area contributed by atoms with E-state index in [1.165, 1.54) is 6.33 Å². The second kappa shape index (κ2) is 4.52. The van der Waals surface area contributed by atoms with E-state index in [1.54, 1.807) is 14.2 Å². The summed E-state index contributed by atoms with van der Waals surface area (Å²) in [6.45, 7) is 0. The monoisotopic (exact) mass is 224 g/mol. The number of hydrogen-bond donors (Lipinski definition) is 2. The highest BCUT2D eigenvalue weighted by atomic mass is 16.5. The van der Waals surface area contributed by atoms with Crippen LogP contribution in [0.3, 0.4) is 0 Å². The van der Waals surface area contributed by atoms with Crippen molar-refractivity contribution < 1.29 is 9.47 Å². The molecule has 1 heterocycles. The van der Waals surface area contributed by atoms with Crippen LogP contribution in [0, 0.1) is 0 Å². The van der Waals surface area contributed by atoms with E-state index in [0.29, 0.717) is 29.5 Å². The summed E-state index contributed by atoms with van der Waals surface area (Å²) in [5, 5.41) is 3.27. The Morgan fingerprint density at radius 2 is 2.12 bits per heavy atom. The van der Waals surface area contributed by atoms with Crippen molar-refractivity contribution in [2.45, 2.75) is 25.0 Å². The average molecular weight is 224 g/mol. The fraction of sp³-hybridized carbons (Fsp3) is 0.600. The minimum Gasteiger partial charge on any atom is -0.490 e. The van der Waals surface area contributed by atoms with Crippen molar-refractivity contribution in [1.82, 2.24) is 9.97 Å². The summed E-state index contributed by atoms with van der Waals surface area (Å²) < 4.78 is 10.4. The molecular formula is C10H16N4O2. The summed E-state index contributed by atoms with van der Waals surface area (Å²) in [6, 6.07) is 0.369. The molecule has 0 aromatic carbocycles. The smallest absolute Gasteiger partial charge is 0.203 e. The van der Waals surface area contributed by atoms with Crippen LogP contribution < -0.4 is 15.8 Å². The number of nitrogen functional groups attached to an aromatic ring is 1. The van der Waals surface area contributed by atoms with Gasteiger partial charge in [0.1, 0.15) is 6.33 Å². The summed E-state index contributed by atoms with van der Waals surface area (Å²) in [6.07, 6.45) is 3.72. The minimum atomic E-state index is 0.350. The summed E-state index contributed by atoms with van der Waals surface area (Å²) in [4.78, 5) is 7.98. The zero-order chi connectivity index (χ0) is 11.5. The van der Waals surface area contributed by atoms with E-state index < -0.39 is 0 Å². The van der Waals surface area contributed by atoms with Crippen LogP contribution in [-0.4, -0.2) is 36.3 Å². The number of methoxy groups -OCH3 is 2. The van der Waals surface area contributed by atoms with E-state index in [-0.39, 0.29) is 0 Å². The summed E-state index contributed by atoms with van der Waals surface area (Å²) in [5.74, 6) is 1.50. The lowest BCUT2D eigenvalue weighted by Gasteiger charge is -2.35. The summed E-state index contributed by atoms with van der Waals surface area (Å²) in [7, 11) is 3.28. The van der Waals surface area contributed by atoms with Gasteiger partial charge in [0.25, 0.3) is 0 Å². The number of nitrogens with one attached hydrogen (secondary N) is 1. The first-order chi connectivity index (χ1) is 7.74. The van der Waals surface area contributed by atoms with E-state index in [9.17, 15) is 0 Å². The van der Waals surface area contributed by atoms with E-state index in [4.69, 9.17) is 15.2 Å². The van der Waals surface area contributed by atoms with Gasteiger partial charge >= 0.3 is 0 Å². The molecule has 0 saturated heterocycles. The van der Waals surface area contributed by atoms with Crippen LogP contribution in [0.5, 0.6) is 5.75 Å². The molecule has 0 spiro atoms. The maximum atomic E-state index is 5.68. The normalized spacial score (nSPS) is 23.6. The van der Waals surface area contributed by atoms with Gasteiger partial charge in [-0.2, -0.15) is 0 Å². The highest BCUT2D eigenvalue weighted by Crippen LogP contribution is 2.31. The Balaban J connectivity index is 2.02. The average Bonchev–Trinajstić information content (AvgIpc) is 2.23. The van der Waals surface area contributed by atoms with Gasteiger partial charge in [0, 0.05) is 13.2 Å². The second-order valence-electron chi connectivity index (χ2n) is 3.81. The lowest BCUT2D eigenvalue weighted by Crippen LogP contribution is -2.40. The van der Waals surface area contributed by atoms with Gasteiger partial charge in [0.15, 0.2) is 11.6 Å². The van der Waals surface area contributed by atoms with Crippen LogP contribution in [0.4, 0.5) is 11.6 Å². The molecule has 0 aliphatic heterocycles. The van der Waals surface area contributed by atoms with Crippen LogP contribution in [-0.2, 0) is 4.74 Å². The van der Waals surface area contributed by atoms with Crippen LogP contribution in [0.2, 0.25) is 0 Å². The van der Waals surface area contributed by atoms with Crippen molar-refractivity contribution in [3.05, 3.63) is 6.33 Å². The Morgan fingerprint density at radius 1 is 1.38 bits per heavy atom. The molecule has 88 valence electrons. The molecule has 3 N–H and O–H groups in total. The number of nitrogens with two attached hydrogens (primary N) is 1. The highest BCUT2D eigenvalue weighted by Gasteiger charge is 2.30. The molecule has 0 bridgehead atoms. The fourth-order valence-corrected chi connectivity index (χ4v) is 1.76. The third kappa shape index (κ3) is 2.01. The van der Waals surface area contributed by atoms with Crippen LogP contribution in [0.15, 0.2) is 6.33 Å². The van der Waals surface area contributed by atoms with Crippen LogP contribution in [0.1, 0.15) is 12.8 Å². The zero-order valence-corrected chi connectivity index (χ0v) is 9.43. The maximum absolute atomic E-state index is 5.68. The Hall–Kier alpha value is -1.56. The molecule has 1 aromatic heterocycles. The van der Waals surface area contributed by atoms with Gasteiger partial charge in [-0.05, 0) is 12.8 Å². The van der Waals surface area contributed by atoms with Crippen molar-refractivity contribution in [2.24, 2.45) is 0 Å². The largest absolute Gasteiger partial charge is 0.490 e. The van der Waals surface area contributed by atoms with E-state index in [2.05, 4.69) is 15.3 Å². The van der Waals surface area contributed by atoms with E-state index in [0.717, 1.165) is 12.8 Å². The fourth-order valence-electron chi connectivity index (χ4n) is 1.76. The standard InChI is InChI=1S/C10H16N4O2/c1-15-7-3-6(4-7)14-10-8(16-2)9(11)12-5-13-10/h5-7H,3-4H2,1-2H3,(H3,11,12,13,14). The molecule has 1 saturated carbocycles. The molecule has 6 nitrogen and oxygen atoms in total. The van der Waals surface area contributed by atoms with Gasteiger partial charge in [-0.15, -0.1) is 0 Å². The molecule has 6 heteroatoms. The Bertz CT molecular complexity index is 366. The maximum Gasteiger partial charge on any atom is 0.203 e. The van der Waals surface area contributed by atoms with Crippen molar-refractivity contribution in [1.29, 1.82) is 0 Å². The number of ether oxygens (including phenoxy) is 2. The number of hydrogen-bond acceptors (Lipinski definition) is 6. The van der Waals surface area contributed by atoms with Gasteiger partial charge in [-0.1, -0.05) is 0 Å². The topological polar surface area (TPSA) is 82.3 Å². The highest BCUT2D eigenvalue weighted by molar-refractivity contribution is 5.61. The van der Waals surface area contributed by atoms with Gasteiger partial charge < -0.3 is 20.5 Å². The molecule has 1 aliphatic rings. The Kier molecular flexibility index (Phi) is 3.09. The van der Waals surface area contributed by atoms with E-state index in [1.807, 2.05) is 0 Å². The van der Waals surface area contributed by atoms with Gasteiger partial charge in [0.2, 0.25) is 5.75 Å². The zero-order valence-electron chi connectivity index (χ0n) is 9.43. The van der Waals surface area contributed by atoms with Crippen molar-refractivity contribution >= 4 is 11.6 Å². The van der Waals surface area contributed by atoms with Crippen molar-refractivity contribution in [2.75, 3.05) is 25.3 Å². The molecule has 1 aliphatic carbocycles.